The number of carbonyl (C=O) groups excluding carboxylic acids is 2. The molecule has 8 heteroatoms. The quantitative estimate of drug-likeness (QED) is 0.759. The van der Waals surface area contributed by atoms with E-state index in [4.69, 9.17) is 20.9 Å². The van der Waals surface area contributed by atoms with Gasteiger partial charge in [-0.3, -0.25) is 9.80 Å². The third kappa shape index (κ3) is 2.15. The summed E-state index contributed by atoms with van der Waals surface area (Å²) in [4.78, 5) is 25.5. The van der Waals surface area contributed by atoms with Crippen LogP contribution in [-0.2, 0) is 13.1 Å². The molecule has 2 aliphatic rings. The molecule has 0 bridgehead atoms. The lowest BCUT2D eigenvalue weighted by Gasteiger charge is -2.31. The Morgan fingerprint density at radius 1 is 0.792 bits per heavy atom. The number of fused-ring (bicyclic) bond motifs is 5. The average molecular weight is 328 g/mol. The van der Waals surface area contributed by atoms with Crippen LogP contribution in [-0.4, -0.2) is 35.3 Å². The Hall–Kier alpha value is -3.16. The Labute approximate surface area is 137 Å². The molecule has 0 saturated heterocycles. The van der Waals surface area contributed by atoms with E-state index < -0.39 is 12.1 Å². The molecule has 8 nitrogen and oxygen atoms in total. The number of benzene rings is 2. The lowest BCUT2D eigenvalue weighted by Crippen LogP contribution is -2.41. The summed E-state index contributed by atoms with van der Waals surface area (Å²) >= 11 is 0. The fraction of sp³-hybridized carbons (Fsp3) is 0.250. The summed E-state index contributed by atoms with van der Waals surface area (Å²) in [5.41, 5.74) is 12.4. The lowest BCUT2D eigenvalue weighted by atomic mass is 10.00. The van der Waals surface area contributed by atoms with E-state index in [1.165, 1.54) is 9.80 Å². The summed E-state index contributed by atoms with van der Waals surface area (Å²) in [5, 5.41) is 1.81. The largest absolute Gasteiger partial charge is 0.472 e. The standard InChI is InChI=1S/C16H16N4O4/c17-15(21)19-5-9-1-3-11-12(13(9)23-7-19)4-2-10-6-20(16(18)22)8-24-14(10)11/h1-4H,5-8H2,(H2,17,21)(H2,18,22). The van der Waals surface area contributed by atoms with Crippen molar-refractivity contribution >= 4 is 22.8 Å². The summed E-state index contributed by atoms with van der Waals surface area (Å²) in [6.45, 7) is 1.06. The van der Waals surface area contributed by atoms with Crippen molar-refractivity contribution in [1.82, 2.24) is 9.80 Å². The van der Waals surface area contributed by atoms with Gasteiger partial charge in [-0.1, -0.05) is 24.3 Å². The third-order valence-corrected chi connectivity index (χ3v) is 4.34. The number of ether oxygens (including phenoxy) is 2. The predicted molar refractivity (Wildman–Crippen MR) is 85.2 cm³/mol. The van der Waals surface area contributed by atoms with Crippen LogP contribution in [0.1, 0.15) is 11.1 Å². The zero-order valence-corrected chi connectivity index (χ0v) is 12.8. The molecule has 24 heavy (non-hydrogen) atoms. The van der Waals surface area contributed by atoms with Gasteiger partial charge in [0.05, 0.1) is 13.1 Å². The van der Waals surface area contributed by atoms with Crippen molar-refractivity contribution < 1.29 is 19.1 Å². The molecule has 2 aromatic rings. The molecular weight excluding hydrogens is 312 g/mol. The van der Waals surface area contributed by atoms with E-state index in [0.717, 1.165) is 33.4 Å². The molecule has 4 rings (SSSR count). The predicted octanol–water partition coefficient (Wildman–Crippen LogP) is 1.30. The van der Waals surface area contributed by atoms with E-state index in [1.54, 1.807) is 0 Å². The number of hydrogen-bond donors (Lipinski definition) is 2. The van der Waals surface area contributed by atoms with E-state index >= 15 is 0 Å². The Kier molecular flexibility index (Phi) is 3.12. The highest BCUT2D eigenvalue weighted by Gasteiger charge is 2.26. The Bertz CT molecular complexity index is 796. The summed E-state index contributed by atoms with van der Waals surface area (Å²) in [6.07, 6.45) is 0. The lowest BCUT2D eigenvalue weighted by molar-refractivity contribution is 0.119. The maximum absolute atomic E-state index is 11.3. The zero-order valence-electron chi connectivity index (χ0n) is 12.8. The molecule has 4 N–H and O–H groups in total. The monoisotopic (exact) mass is 328 g/mol. The molecule has 0 unspecified atom stereocenters. The number of rotatable bonds is 0. The molecule has 0 fully saturated rings. The molecule has 0 aromatic heterocycles. The zero-order chi connectivity index (χ0) is 16.8. The van der Waals surface area contributed by atoms with E-state index in [0.29, 0.717) is 13.1 Å². The number of urea groups is 2. The Balaban J connectivity index is 1.77. The van der Waals surface area contributed by atoms with Crippen molar-refractivity contribution in [3.05, 3.63) is 35.4 Å². The summed E-state index contributed by atoms with van der Waals surface area (Å²) in [5.74, 6) is 1.46. The number of amides is 4. The molecule has 2 heterocycles. The average Bonchev–Trinajstić information content (AvgIpc) is 2.59. The van der Waals surface area contributed by atoms with Gasteiger partial charge >= 0.3 is 12.1 Å². The highest BCUT2D eigenvalue weighted by molar-refractivity contribution is 5.95. The molecule has 2 aromatic carbocycles. The number of primary amides is 2. The number of carbonyl (C=O) groups is 2. The van der Waals surface area contributed by atoms with Gasteiger partial charge in [-0.05, 0) is 0 Å². The molecule has 0 aliphatic carbocycles. The van der Waals surface area contributed by atoms with Gasteiger partial charge in [0.25, 0.3) is 0 Å². The third-order valence-electron chi connectivity index (χ3n) is 4.34. The molecule has 124 valence electrons. The minimum absolute atomic E-state index is 0.120. The van der Waals surface area contributed by atoms with E-state index in [1.807, 2.05) is 24.3 Å². The molecule has 0 atom stereocenters. The van der Waals surface area contributed by atoms with E-state index in [9.17, 15) is 9.59 Å². The van der Waals surface area contributed by atoms with E-state index in [2.05, 4.69) is 0 Å². The van der Waals surface area contributed by atoms with Crippen LogP contribution in [0.3, 0.4) is 0 Å². The van der Waals surface area contributed by atoms with Crippen molar-refractivity contribution in [3.63, 3.8) is 0 Å². The van der Waals surface area contributed by atoms with Gasteiger partial charge in [-0.2, -0.15) is 0 Å². The van der Waals surface area contributed by atoms with Crippen LogP contribution in [0.5, 0.6) is 11.5 Å². The number of nitrogens with two attached hydrogens (primary N) is 2. The summed E-state index contributed by atoms with van der Waals surface area (Å²) in [6, 6.07) is 6.64. The first-order valence-electron chi connectivity index (χ1n) is 7.46. The van der Waals surface area contributed by atoms with Crippen molar-refractivity contribution in [1.29, 1.82) is 0 Å². The van der Waals surface area contributed by atoms with Gasteiger partial charge in [0.2, 0.25) is 0 Å². The molecular formula is C16H16N4O4. The van der Waals surface area contributed by atoms with Gasteiger partial charge in [0.1, 0.15) is 11.5 Å². The molecule has 0 spiro atoms. The number of nitrogens with zero attached hydrogens (tertiary/aromatic N) is 2. The maximum atomic E-state index is 11.3. The van der Waals surface area contributed by atoms with Gasteiger partial charge in [0, 0.05) is 21.9 Å². The SMILES string of the molecule is NC(=O)N1COc2c(ccc3c4c(ccc23)CN(C(N)=O)CO4)C1. The minimum atomic E-state index is -0.513. The molecule has 0 radical (unpaired) electrons. The first-order valence-corrected chi connectivity index (χ1v) is 7.46. The summed E-state index contributed by atoms with van der Waals surface area (Å²) in [7, 11) is 0. The van der Waals surface area contributed by atoms with Gasteiger partial charge in [-0.15, -0.1) is 0 Å². The fourth-order valence-corrected chi connectivity index (χ4v) is 3.10. The van der Waals surface area contributed by atoms with Crippen LogP contribution in [0.25, 0.3) is 10.8 Å². The Morgan fingerprint density at radius 3 is 1.58 bits per heavy atom. The van der Waals surface area contributed by atoms with Crippen LogP contribution in [0, 0.1) is 0 Å². The topological polar surface area (TPSA) is 111 Å². The normalized spacial score (nSPS) is 16.0. The number of hydrogen-bond acceptors (Lipinski definition) is 4. The van der Waals surface area contributed by atoms with Crippen LogP contribution < -0.4 is 20.9 Å². The van der Waals surface area contributed by atoms with Gasteiger partial charge in [-0.25, -0.2) is 9.59 Å². The smallest absolute Gasteiger partial charge is 0.317 e. The van der Waals surface area contributed by atoms with Crippen LogP contribution in [0.15, 0.2) is 24.3 Å². The van der Waals surface area contributed by atoms with Crippen molar-refractivity contribution in [2.45, 2.75) is 13.1 Å². The van der Waals surface area contributed by atoms with E-state index in [-0.39, 0.29) is 13.5 Å². The maximum Gasteiger partial charge on any atom is 0.317 e. The molecule has 0 saturated carbocycles. The van der Waals surface area contributed by atoms with Gasteiger partial charge < -0.3 is 20.9 Å². The highest BCUT2D eigenvalue weighted by Crippen LogP contribution is 2.40. The molecule has 2 aliphatic heterocycles. The van der Waals surface area contributed by atoms with Crippen LogP contribution in [0.4, 0.5) is 9.59 Å². The second-order valence-electron chi connectivity index (χ2n) is 5.82. The molecule has 4 amide bonds. The van der Waals surface area contributed by atoms with Gasteiger partial charge in [0.15, 0.2) is 13.5 Å². The van der Waals surface area contributed by atoms with Crippen LogP contribution >= 0.6 is 0 Å². The van der Waals surface area contributed by atoms with Crippen molar-refractivity contribution in [2.24, 2.45) is 11.5 Å². The van der Waals surface area contributed by atoms with Crippen molar-refractivity contribution in [2.75, 3.05) is 13.5 Å². The highest BCUT2D eigenvalue weighted by atomic mass is 16.5. The second kappa shape index (κ2) is 5.19. The summed E-state index contributed by atoms with van der Waals surface area (Å²) < 4.78 is 11.5. The van der Waals surface area contributed by atoms with Crippen LogP contribution in [0.2, 0.25) is 0 Å². The second-order valence-corrected chi connectivity index (χ2v) is 5.82. The first kappa shape index (κ1) is 14.4. The minimum Gasteiger partial charge on any atom is -0.472 e. The van der Waals surface area contributed by atoms with Crippen molar-refractivity contribution in [3.8, 4) is 11.5 Å². The first-order chi connectivity index (χ1) is 11.5. The fourth-order valence-electron chi connectivity index (χ4n) is 3.10. The Morgan fingerprint density at radius 2 is 1.21 bits per heavy atom.